The van der Waals surface area contributed by atoms with Crippen LogP contribution < -0.4 is 10.9 Å². The van der Waals surface area contributed by atoms with E-state index in [4.69, 9.17) is 0 Å². The molecular weight excluding hydrogens is 154 g/mol. The Morgan fingerprint density at radius 1 is 1.58 bits per heavy atom. The van der Waals surface area contributed by atoms with Crippen LogP contribution in [0, 0.1) is 0 Å². The third-order valence-corrected chi connectivity index (χ3v) is 2.36. The van der Waals surface area contributed by atoms with Gasteiger partial charge in [-0.2, -0.15) is 0 Å². The van der Waals surface area contributed by atoms with E-state index in [1.54, 1.807) is 7.05 Å². The summed E-state index contributed by atoms with van der Waals surface area (Å²) in [4.78, 5) is 11.4. The van der Waals surface area contributed by atoms with Crippen LogP contribution >= 0.6 is 0 Å². The number of rotatable bonds is 0. The van der Waals surface area contributed by atoms with Crippen molar-refractivity contribution in [2.24, 2.45) is 7.05 Å². The molecule has 0 amide bonds. The van der Waals surface area contributed by atoms with Crippen LogP contribution in [0.3, 0.4) is 0 Å². The quantitative estimate of drug-likeness (QED) is 0.589. The van der Waals surface area contributed by atoms with Crippen molar-refractivity contribution in [3.8, 4) is 0 Å². The second-order valence-electron chi connectivity index (χ2n) is 3.41. The number of aryl methyl sites for hydroxylation is 1. The number of hydrogen-bond acceptors (Lipinski definition) is 2. The fourth-order valence-electron chi connectivity index (χ4n) is 1.63. The van der Waals surface area contributed by atoms with Gasteiger partial charge in [-0.15, -0.1) is 0 Å². The predicted octanol–water partition coefficient (Wildman–Crippen LogP) is 0.460. The van der Waals surface area contributed by atoms with E-state index in [-0.39, 0.29) is 5.56 Å². The Bertz CT molecular complexity index is 350. The molecule has 0 spiro atoms. The van der Waals surface area contributed by atoms with Crippen LogP contribution in [0.15, 0.2) is 4.79 Å². The average Bonchev–Trinajstić information content (AvgIpc) is 2.28. The lowest BCUT2D eigenvalue weighted by atomic mass is 10.0. The predicted molar refractivity (Wildman–Crippen MR) is 47.4 cm³/mol. The molecule has 2 rings (SSSR count). The molecule has 1 atom stereocenters. The van der Waals surface area contributed by atoms with Gasteiger partial charge in [0.05, 0.1) is 5.56 Å². The molecule has 1 aliphatic rings. The molecule has 12 heavy (non-hydrogen) atoms. The maximum atomic E-state index is 11.4. The van der Waals surface area contributed by atoms with Crippen molar-refractivity contribution in [2.75, 3.05) is 5.32 Å². The minimum Gasteiger partial charge on any atom is -0.368 e. The third-order valence-electron chi connectivity index (χ3n) is 2.36. The summed E-state index contributed by atoms with van der Waals surface area (Å²) in [7, 11) is 1.74. The summed E-state index contributed by atoms with van der Waals surface area (Å²) in [5, 5.41) is 6.23. The zero-order valence-corrected chi connectivity index (χ0v) is 7.35. The van der Waals surface area contributed by atoms with Crippen molar-refractivity contribution >= 4 is 5.82 Å². The summed E-state index contributed by atoms with van der Waals surface area (Å²) in [5.41, 5.74) is 1.00. The van der Waals surface area contributed by atoms with Gasteiger partial charge in [0.15, 0.2) is 0 Å². The molecule has 4 nitrogen and oxygen atoms in total. The molecule has 1 aromatic rings. The molecule has 2 N–H and O–H groups in total. The minimum absolute atomic E-state index is 0.101. The minimum atomic E-state index is 0.101. The van der Waals surface area contributed by atoms with Gasteiger partial charge < -0.3 is 5.32 Å². The lowest BCUT2D eigenvalue weighted by Gasteiger charge is -2.19. The van der Waals surface area contributed by atoms with Crippen molar-refractivity contribution < 1.29 is 0 Å². The molecule has 66 valence electrons. The van der Waals surface area contributed by atoms with Crippen molar-refractivity contribution in [1.82, 2.24) is 9.78 Å². The molecule has 0 bridgehead atoms. The number of anilines is 1. The maximum Gasteiger partial charge on any atom is 0.271 e. The van der Waals surface area contributed by atoms with Crippen molar-refractivity contribution in [2.45, 2.75) is 25.8 Å². The largest absolute Gasteiger partial charge is 0.368 e. The molecule has 0 radical (unpaired) electrons. The first-order valence-corrected chi connectivity index (χ1v) is 4.23. The first kappa shape index (κ1) is 7.46. The Labute approximate surface area is 70.6 Å². The molecule has 0 aromatic carbocycles. The van der Waals surface area contributed by atoms with Gasteiger partial charge in [0, 0.05) is 13.1 Å². The Hall–Kier alpha value is -1.19. The van der Waals surface area contributed by atoms with Crippen molar-refractivity contribution in [3.05, 3.63) is 15.9 Å². The van der Waals surface area contributed by atoms with Crippen LogP contribution in [0.5, 0.6) is 0 Å². The standard InChI is InChI=1S/C8H13N3O/c1-5-3-4-6-7(9-5)10-11(2)8(6)12/h5,9-10H,3-4H2,1-2H3. The molecule has 0 fully saturated rings. The van der Waals surface area contributed by atoms with E-state index in [2.05, 4.69) is 17.3 Å². The van der Waals surface area contributed by atoms with Crippen LogP contribution in [-0.2, 0) is 13.5 Å². The molecule has 1 unspecified atom stereocenters. The Kier molecular flexibility index (Phi) is 1.49. The van der Waals surface area contributed by atoms with E-state index in [1.165, 1.54) is 4.68 Å². The second-order valence-corrected chi connectivity index (χ2v) is 3.41. The number of nitrogens with one attached hydrogen (secondary N) is 2. The molecule has 2 heterocycles. The highest BCUT2D eigenvalue weighted by Gasteiger charge is 2.19. The Morgan fingerprint density at radius 2 is 2.33 bits per heavy atom. The van der Waals surface area contributed by atoms with Crippen molar-refractivity contribution in [1.29, 1.82) is 0 Å². The van der Waals surface area contributed by atoms with Gasteiger partial charge in [0.1, 0.15) is 5.82 Å². The highest BCUT2D eigenvalue weighted by molar-refractivity contribution is 5.45. The number of H-pyrrole nitrogens is 1. The number of aromatic nitrogens is 2. The van der Waals surface area contributed by atoms with Crippen LogP contribution in [0.1, 0.15) is 18.9 Å². The summed E-state index contributed by atoms with van der Waals surface area (Å²) in [6.07, 6.45) is 1.93. The normalized spacial score (nSPS) is 21.7. The maximum absolute atomic E-state index is 11.4. The van der Waals surface area contributed by atoms with E-state index < -0.39 is 0 Å². The number of aromatic amines is 1. The zero-order valence-electron chi connectivity index (χ0n) is 7.35. The van der Waals surface area contributed by atoms with Gasteiger partial charge in [-0.3, -0.25) is 14.6 Å². The van der Waals surface area contributed by atoms with Crippen LogP contribution in [0.2, 0.25) is 0 Å². The first-order chi connectivity index (χ1) is 5.68. The van der Waals surface area contributed by atoms with Gasteiger partial charge in [-0.25, -0.2) is 0 Å². The van der Waals surface area contributed by atoms with Gasteiger partial charge in [-0.1, -0.05) is 0 Å². The SMILES string of the molecule is CC1CCc2c([nH]n(C)c2=O)N1. The van der Waals surface area contributed by atoms with Crippen LogP contribution in [0.25, 0.3) is 0 Å². The first-order valence-electron chi connectivity index (χ1n) is 4.23. The summed E-state index contributed by atoms with van der Waals surface area (Å²) in [6.45, 7) is 2.12. The molecule has 0 saturated heterocycles. The summed E-state index contributed by atoms with van der Waals surface area (Å²) in [6, 6.07) is 0.468. The van der Waals surface area contributed by atoms with E-state index >= 15 is 0 Å². The fraction of sp³-hybridized carbons (Fsp3) is 0.625. The second kappa shape index (κ2) is 2.40. The lowest BCUT2D eigenvalue weighted by Crippen LogP contribution is -2.24. The summed E-state index contributed by atoms with van der Waals surface area (Å²) < 4.78 is 1.52. The molecule has 4 heteroatoms. The number of fused-ring (bicyclic) bond motifs is 1. The number of nitrogens with zero attached hydrogens (tertiary/aromatic N) is 1. The van der Waals surface area contributed by atoms with E-state index in [0.717, 1.165) is 24.2 Å². The molecule has 0 aliphatic carbocycles. The monoisotopic (exact) mass is 167 g/mol. The summed E-state index contributed by atoms with van der Waals surface area (Å²) in [5.74, 6) is 0.904. The zero-order chi connectivity index (χ0) is 8.72. The van der Waals surface area contributed by atoms with Crippen molar-refractivity contribution in [3.63, 3.8) is 0 Å². The van der Waals surface area contributed by atoms with Crippen LogP contribution in [-0.4, -0.2) is 15.8 Å². The molecular formula is C8H13N3O. The van der Waals surface area contributed by atoms with Gasteiger partial charge in [0.2, 0.25) is 0 Å². The highest BCUT2D eigenvalue weighted by atomic mass is 16.1. The molecule has 0 saturated carbocycles. The molecule has 1 aromatic heterocycles. The lowest BCUT2D eigenvalue weighted by molar-refractivity contribution is 0.676. The summed E-state index contributed by atoms with van der Waals surface area (Å²) >= 11 is 0. The third kappa shape index (κ3) is 0.948. The van der Waals surface area contributed by atoms with Gasteiger partial charge in [0.25, 0.3) is 5.56 Å². The highest BCUT2D eigenvalue weighted by Crippen LogP contribution is 2.18. The van der Waals surface area contributed by atoms with E-state index in [0.29, 0.717) is 6.04 Å². The van der Waals surface area contributed by atoms with Gasteiger partial charge >= 0.3 is 0 Å². The Morgan fingerprint density at radius 3 is 3.08 bits per heavy atom. The van der Waals surface area contributed by atoms with E-state index in [1.807, 2.05) is 0 Å². The average molecular weight is 167 g/mol. The smallest absolute Gasteiger partial charge is 0.271 e. The van der Waals surface area contributed by atoms with E-state index in [9.17, 15) is 4.79 Å². The van der Waals surface area contributed by atoms with Gasteiger partial charge in [-0.05, 0) is 19.8 Å². The number of hydrogen-bond donors (Lipinski definition) is 2. The topological polar surface area (TPSA) is 49.8 Å². The fourth-order valence-corrected chi connectivity index (χ4v) is 1.63. The Balaban J connectivity index is 2.50. The van der Waals surface area contributed by atoms with Crippen LogP contribution in [0.4, 0.5) is 5.82 Å². The molecule has 1 aliphatic heterocycles.